The van der Waals surface area contributed by atoms with Crippen molar-refractivity contribution < 1.29 is 9.90 Å². The van der Waals surface area contributed by atoms with Gasteiger partial charge in [0.05, 0.1) is 23.3 Å². The second kappa shape index (κ2) is 14.5. The van der Waals surface area contributed by atoms with Crippen LogP contribution in [0.3, 0.4) is 0 Å². The number of aromatic carboxylic acids is 1. The summed E-state index contributed by atoms with van der Waals surface area (Å²) in [7, 11) is 0. The smallest absolute Gasteiger partial charge is 0.335 e. The Balaban J connectivity index is 1.36. The van der Waals surface area contributed by atoms with E-state index in [4.69, 9.17) is 0 Å². The minimum absolute atomic E-state index is 0.0113. The molecule has 0 bridgehead atoms. The van der Waals surface area contributed by atoms with Crippen LogP contribution in [-0.4, -0.2) is 15.6 Å². The molecule has 0 amide bonds. The lowest BCUT2D eigenvalue weighted by atomic mass is 9.78. The lowest BCUT2D eigenvalue weighted by Gasteiger charge is -2.31. The first kappa shape index (κ1) is 35.5. The number of carboxylic acid groups (broad SMARTS) is 1. The molecule has 1 fully saturated rings. The number of hydrogen-bond acceptors (Lipinski definition) is 3. The van der Waals surface area contributed by atoms with Crippen LogP contribution < -0.4 is 10.4 Å². The van der Waals surface area contributed by atoms with Crippen molar-refractivity contribution in [3.8, 4) is 11.8 Å². The third-order valence-electron chi connectivity index (χ3n) is 9.73. The van der Waals surface area contributed by atoms with Crippen LogP contribution in [0.2, 0.25) is 0 Å². The maximum atomic E-state index is 11.3. The van der Waals surface area contributed by atoms with E-state index in [0.29, 0.717) is 0 Å². The lowest BCUT2D eigenvalue weighted by molar-refractivity contribution is 0.0697. The van der Waals surface area contributed by atoms with Gasteiger partial charge >= 0.3 is 5.97 Å². The Morgan fingerprint density at radius 1 is 0.784 bits per heavy atom. The average molecular weight is 676 g/mol. The third-order valence-corrected chi connectivity index (χ3v) is 9.73. The molecule has 2 heterocycles. The minimum Gasteiger partial charge on any atom is -0.478 e. The SMILES string of the molecule is CCn1c(/C=C/c2ccc(C(=O)O)cc2)ccc1C1CC(c2cc(C(C)(C)C)cc(C(C)(C)C)c2)N(c2ccc(C#Cc3ccccc3)cc2)N1. The molecule has 2 atom stereocenters. The molecule has 1 aromatic heterocycles. The summed E-state index contributed by atoms with van der Waals surface area (Å²) in [6.07, 6.45) is 5.06. The summed E-state index contributed by atoms with van der Waals surface area (Å²) in [4.78, 5) is 11.3. The van der Waals surface area contributed by atoms with Crippen molar-refractivity contribution in [1.82, 2.24) is 9.99 Å². The molecule has 4 aromatic carbocycles. The number of aromatic nitrogens is 1. The fraction of sp³-hybridized carbons (Fsp3) is 0.283. The Hall–Kier alpha value is -5.31. The molecule has 2 unspecified atom stereocenters. The summed E-state index contributed by atoms with van der Waals surface area (Å²) < 4.78 is 2.37. The number of anilines is 1. The van der Waals surface area contributed by atoms with Crippen LogP contribution in [0, 0.1) is 11.8 Å². The summed E-state index contributed by atoms with van der Waals surface area (Å²) in [5.74, 6) is 5.70. The fourth-order valence-corrected chi connectivity index (χ4v) is 6.68. The minimum atomic E-state index is -0.918. The number of carboxylic acids is 1. The van der Waals surface area contributed by atoms with Gasteiger partial charge in [-0.25, -0.2) is 10.2 Å². The zero-order chi connectivity index (χ0) is 36.3. The Morgan fingerprint density at radius 3 is 1.96 bits per heavy atom. The highest BCUT2D eigenvalue weighted by Gasteiger charge is 2.36. The quantitative estimate of drug-likeness (QED) is 0.169. The van der Waals surface area contributed by atoms with Gasteiger partial charge in [-0.3, -0.25) is 0 Å². The van der Waals surface area contributed by atoms with Crippen molar-refractivity contribution in [1.29, 1.82) is 0 Å². The Kier molecular flexibility index (Phi) is 10.1. The van der Waals surface area contributed by atoms with Gasteiger partial charge in [0.2, 0.25) is 0 Å². The van der Waals surface area contributed by atoms with Crippen LogP contribution >= 0.6 is 0 Å². The van der Waals surface area contributed by atoms with E-state index in [2.05, 4.69) is 136 Å². The summed E-state index contributed by atoms with van der Waals surface area (Å²) >= 11 is 0. The molecule has 0 aliphatic carbocycles. The van der Waals surface area contributed by atoms with Crippen molar-refractivity contribution in [2.45, 2.75) is 84.3 Å². The summed E-state index contributed by atoms with van der Waals surface area (Å²) in [6.45, 7) is 16.8. The molecule has 2 N–H and O–H groups in total. The predicted octanol–water partition coefficient (Wildman–Crippen LogP) is 10.6. The number of nitrogens with one attached hydrogen (secondary N) is 1. The van der Waals surface area contributed by atoms with Gasteiger partial charge in [-0.2, -0.15) is 0 Å². The molecule has 5 nitrogen and oxygen atoms in total. The van der Waals surface area contributed by atoms with E-state index in [0.717, 1.165) is 41.0 Å². The third kappa shape index (κ3) is 8.20. The maximum absolute atomic E-state index is 11.3. The van der Waals surface area contributed by atoms with Gasteiger partial charge in [0.25, 0.3) is 0 Å². The zero-order valence-electron chi connectivity index (χ0n) is 30.9. The van der Waals surface area contributed by atoms with Gasteiger partial charge in [0, 0.05) is 29.1 Å². The summed E-state index contributed by atoms with van der Waals surface area (Å²) in [5.41, 5.74) is 14.7. The lowest BCUT2D eigenvalue weighted by Crippen LogP contribution is -2.34. The van der Waals surface area contributed by atoms with E-state index < -0.39 is 5.97 Å². The zero-order valence-corrected chi connectivity index (χ0v) is 30.9. The van der Waals surface area contributed by atoms with E-state index in [1.165, 1.54) is 22.4 Å². The number of carbonyl (C=O) groups is 1. The van der Waals surface area contributed by atoms with Gasteiger partial charge in [-0.15, -0.1) is 0 Å². The van der Waals surface area contributed by atoms with Crippen molar-refractivity contribution in [3.63, 3.8) is 0 Å². The van der Waals surface area contributed by atoms with Gasteiger partial charge in [0.15, 0.2) is 0 Å². The van der Waals surface area contributed by atoms with E-state index in [-0.39, 0.29) is 28.5 Å². The molecule has 51 heavy (non-hydrogen) atoms. The largest absolute Gasteiger partial charge is 0.478 e. The topological polar surface area (TPSA) is 57.5 Å². The van der Waals surface area contributed by atoms with Crippen molar-refractivity contribution in [2.75, 3.05) is 5.01 Å². The first-order chi connectivity index (χ1) is 24.3. The van der Waals surface area contributed by atoms with Gasteiger partial charge in [-0.05, 0) is 113 Å². The van der Waals surface area contributed by atoms with Crippen LogP contribution in [0.4, 0.5) is 5.69 Å². The summed E-state index contributed by atoms with van der Waals surface area (Å²) in [6, 6.07) is 37.5. The normalized spacial score (nSPS) is 16.3. The van der Waals surface area contributed by atoms with Gasteiger partial charge in [-0.1, -0.05) is 108 Å². The molecule has 0 spiro atoms. The standard InChI is InChI=1S/C46H49N3O2/c1-8-48-39(23-18-34-16-21-35(22-17-34)44(50)51)26-27-42(48)41-31-43(36-28-37(45(2,3)4)30-38(29-36)46(5,6)7)49(47-41)40-24-19-33(20-25-40)15-14-32-12-10-9-11-13-32/h9-13,16-30,41,43,47H,8,31H2,1-7H3,(H,50,51)/b23-18+. The molecule has 1 saturated heterocycles. The number of hydrogen-bond donors (Lipinski definition) is 2. The van der Waals surface area contributed by atoms with Crippen molar-refractivity contribution in [3.05, 3.63) is 160 Å². The number of nitrogens with zero attached hydrogens (tertiary/aromatic N) is 2. The number of benzene rings is 4. The molecule has 5 heteroatoms. The average Bonchev–Trinajstić information content (AvgIpc) is 3.74. The highest BCUT2D eigenvalue weighted by atomic mass is 16.4. The summed E-state index contributed by atoms with van der Waals surface area (Å²) in [5, 5.41) is 11.6. The first-order valence-electron chi connectivity index (χ1n) is 17.9. The molecular formula is C46H49N3O2. The Labute approximate surface area is 303 Å². The Morgan fingerprint density at radius 2 is 1.39 bits per heavy atom. The van der Waals surface area contributed by atoms with Gasteiger partial charge in [0.1, 0.15) is 0 Å². The molecule has 0 radical (unpaired) electrons. The molecular weight excluding hydrogens is 627 g/mol. The molecule has 0 saturated carbocycles. The van der Waals surface area contributed by atoms with E-state index in [9.17, 15) is 9.90 Å². The number of hydrazine groups is 1. The molecule has 260 valence electrons. The monoisotopic (exact) mass is 675 g/mol. The highest BCUT2D eigenvalue weighted by molar-refractivity contribution is 5.88. The second-order valence-electron chi connectivity index (χ2n) is 15.5. The van der Waals surface area contributed by atoms with Crippen LogP contribution in [-0.2, 0) is 17.4 Å². The second-order valence-corrected chi connectivity index (χ2v) is 15.5. The maximum Gasteiger partial charge on any atom is 0.335 e. The predicted molar refractivity (Wildman–Crippen MR) is 211 cm³/mol. The van der Waals surface area contributed by atoms with E-state index >= 15 is 0 Å². The van der Waals surface area contributed by atoms with Gasteiger partial charge < -0.3 is 14.7 Å². The number of rotatable bonds is 7. The first-order valence-corrected chi connectivity index (χ1v) is 17.9. The Bertz CT molecular complexity index is 2050. The van der Waals surface area contributed by atoms with Crippen LogP contribution in [0.5, 0.6) is 0 Å². The van der Waals surface area contributed by atoms with Crippen molar-refractivity contribution in [2.24, 2.45) is 0 Å². The fourth-order valence-electron chi connectivity index (χ4n) is 6.68. The molecule has 1 aliphatic rings. The highest BCUT2D eigenvalue weighted by Crippen LogP contribution is 2.43. The molecule has 5 aromatic rings. The molecule has 1 aliphatic heterocycles. The van der Waals surface area contributed by atoms with Crippen molar-refractivity contribution >= 4 is 23.8 Å². The molecule has 6 rings (SSSR count). The van der Waals surface area contributed by atoms with E-state index in [1.807, 2.05) is 48.5 Å². The van der Waals surface area contributed by atoms with Crippen LogP contribution in [0.25, 0.3) is 12.2 Å². The van der Waals surface area contributed by atoms with E-state index in [1.54, 1.807) is 12.1 Å². The van der Waals surface area contributed by atoms with Crippen LogP contribution in [0.15, 0.2) is 109 Å². The van der Waals surface area contributed by atoms with Crippen LogP contribution in [0.1, 0.15) is 122 Å².